The van der Waals surface area contributed by atoms with Gasteiger partial charge in [-0.3, -0.25) is 4.79 Å². The minimum absolute atomic E-state index is 0. The molecule has 0 fully saturated rings. The molecule has 1 aromatic carbocycles. The van der Waals surface area contributed by atoms with Gasteiger partial charge in [-0.1, -0.05) is 12.1 Å². The Balaban J connectivity index is 0.00000420. The van der Waals surface area contributed by atoms with Gasteiger partial charge in [0.1, 0.15) is 11.5 Å². The molecule has 9 heteroatoms. The zero-order valence-corrected chi connectivity index (χ0v) is 19.7. The first-order chi connectivity index (χ1) is 13.5. The van der Waals surface area contributed by atoms with Crippen LogP contribution < -0.4 is 20.7 Å². The molecule has 0 spiro atoms. The number of benzene rings is 1. The number of halogens is 1. The number of hydrogen-bond acceptors (Lipinski definition) is 5. The van der Waals surface area contributed by atoms with Crippen LogP contribution in [0.1, 0.15) is 36.8 Å². The van der Waals surface area contributed by atoms with Crippen LogP contribution in [-0.4, -0.2) is 36.5 Å². The number of oxazole rings is 1. The number of carbonyl (C=O) groups excluding carboxylic acids is 1. The Bertz CT molecular complexity index is 788. The molecular weight excluding hydrogens is 485 g/mol. The SMILES string of the molecule is CCNC(=O)COc1cccc(CN=C(NCC)NCc2nc(C)c(C)o2)c1.I. The molecule has 0 unspecified atom stereocenters. The molecule has 1 aromatic heterocycles. The zero-order chi connectivity index (χ0) is 20.4. The van der Waals surface area contributed by atoms with Crippen molar-refractivity contribution >= 4 is 35.8 Å². The molecule has 0 aliphatic carbocycles. The number of aliphatic imine (C=N–C) groups is 1. The molecule has 29 heavy (non-hydrogen) atoms. The van der Waals surface area contributed by atoms with Gasteiger partial charge in [0.25, 0.3) is 5.91 Å². The molecule has 0 saturated carbocycles. The van der Waals surface area contributed by atoms with Crippen LogP contribution in [-0.2, 0) is 17.9 Å². The summed E-state index contributed by atoms with van der Waals surface area (Å²) in [6.45, 7) is 9.94. The Morgan fingerprint density at radius 3 is 2.59 bits per heavy atom. The second-order valence-electron chi connectivity index (χ2n) is 6.19. The molecule has 0 aliphatic heterocycles. The predicted octanol–water partition coefficient (Wildman–Crippen LogP) is 2.68. The Labute approximate surface area is 188 Å². The molecule has 3 N–H and O–H groups in total. The van der Waals surface area contributed by atoms with E-state index in [4.69, 9.17) is 9.15 Å². The Hall–Kier alpha value is -2.30. The summed E-state index contributed by atoms with van der Waals surface area (Å²) < 4.78 is 11.1. The normalized spacial score (nSPS) is 10.8. The highest BCUT2D eigenvalue weighted by Gasteiger charge is 2.07. The summed E-state index contributed by atoms with van der Waals surface area (Å²) in [5, 5.41) is 9.12. The van der Waals surface area contributed by atoms with E-state index in [9.17, 15) is 4.79 Å². The van der Waals surface area contributed by atoms with E-state index in [0.29, 0.717) is 37.2 Å². The predicted molar refractivity (Wildman–Crippen MR) is 124 cm³/mol. The maximum atomic E-state index is 11.5. The Morgan fingerprint density at radius 2 is 1.93 bits per heavy atom. The maximum Gasteiger partial charge on any atom is 0.257 e. The van der Waals surface area contributed by atoms with Crippen molar-refractivity contribution in [2.45, 2.75) is 40.8 Å². The van der Waals surface area contributed by atoms with Crippen molar-refractivity contribution in [3.05, 3.63) is 47.2 Å². The number of aromatic nitrogens is 1. The van der Waals surface area contributed by atoms with Crippen molar-refractivity contribution in [1.29, 1.82) is 0 Å². The van der Waals surface area contributed by atoms with Gasteiger partial charge in [0.05, 0.1) is 18.8 Å². The van der Waals surface area contributed by atoms with Crippen molar-refractivity contribution < 1.29 is 13.9 Å². The van der Waals surface area contributed by atoms with Crippen molar-refractivity contribution in [3.8, 4) is 5.75 Å². The first-order valence-electron chi connectivity index (χ1n) is 9.45. The minimum Gasteiger partial charge on any atom is -0.484 e. The van der Waals surface area contributed by atoms with Gasteiger partial charge in [-0.25, -0.2) is 9.98 Å². The van der Waals surface area contributed by atoms with Gasteiger partial charge in [-0.2, -0.15) is 0 Å². The average Bonchev–Trinajstić information content (AvgIpc) is 3.00. The second-order valence-corrected chi connectivity index (χ2v) is 6.19. The lowest BCUT2D eigenvalue weighted by Gasteiger charge is -2.10. The van der Waals surface area contributed by atoms with Crippen LogP contribution in [0.2, 0.25) is 0 Å². The lowest BCUT2D eigenvalue weighted by molar-refractivity contribution is -0.122. The lowest BCUT2D eigenvalue weighted by atomic mass is 10.2. The highest BCUT2D eigenvalue weighted by molar-refractivity contribution is 14.0. The molecule has 0 bridgehead atoms. The zero-order valence-electron chi connectivity index (χ0n) is 17.4. The van der Waals surface area contributed by atoms with Crippen LogP contribution in [0.3, 0.4) is 0 Å². The topological polar surface area (TPSA) is 101 Å². The summed E-state index contributed by atoms with van der Waals surface area (Å²) in [6, 6.07) is 7.56. The first kappa shape index (κ1) is 24.7. The number of hydrogen-bond donors (Lipinski definition) is 3. The van der Waals surface area contributed by atoms with E-state index < -0.39 is 0 Å². The van der Waals surface area contributed by atoms with E-state index in [0.717, 1.165) is 23.6 Å². The summed E-state index contributed by atoms with van der Waals surface area (Å²) in [5.74, 6) is 2.62. The van der Waals surface area contributed by atoms with Crippen LogP contribution in [0.25, 0.3) is 0 Å². The molecule has 0 atom stereocenters. The standard InChI is InChI=1S/C20H29N5O3.HI/c1-5-21-18(26)13-27-17-9-7-8-16(10-17)11-23-20(22-6-2)24-12-19-25-14(3)15(4)28-19;/h7-10H,5-6,11-13H2,1-4H3,(H,21,26)(H2,22,23,24);1H. The summed E-state index contributed by atoms with van der Waals surface area (Å²) >= 11 is 0. The van der Waals surface area contributed by atoms with Gasteiger partial charge in [0.15, 0.2) is 12.6 Å². The number of rotatable bonds is 9. The van der Waals surface area contributed by atoms with Crippen LogP contribution in [0.15, 0.2) is 33.7 Å². The number of aryl methyl sites for hydroxylation is 2. The Morgan fingerprint density at radius 1 is 1.17 bits per heavy atom. The molecule has 2 rings (SSSR count). The molecule has 8 nitrogen and oxygen atoms in total. The van der Waals surface area contributed by atoms with Crippen molar-refractivity contribution in [3.63, 3.8) is 0 Å². The molecule has 0 aliphatic rings. The monoisotopic (exact) mass is 515 g/mol. The number of ether oxygens (including phenoxy) is 1. The van der Waals surface area contributed by atoms with E-state index in [2.05, 4.69) is 25.9 Å². The third-order valence-electron chi connectivity index (χ3n) is 3.89. The van der Waals surface area contributed by atoms with Gasteiger partial charge >= 0.3 is 0 Å². The van der Waals surface area contributed by atoms with Gasteiger partial charge in [-0.05, 0) is 45.4 Å². The molecule has 0 radical (unpaired) electrons. The fraction of sp³-hybridized carbons (Fsp3) is 0.450. The van der Waals surface area contributed by atoms with Crippen molar-refractivity contribution in [2.24, 2.45) is 4.99 Å². The number of likely N-dealkylation sites (N-methyl/N-ethyl adjacent to an activating group) is 1. The highest BCUT2D eigenvalue weighted by atomic mass is 127. The maximum absolute atomic E-state index is 11.5. The van der Waals surface area contributed by atoms with E-state index >= 15 is 0 Å². The third-order valence-corrected chi connectivity index (χ3v) is 3.89. The molecular formula is C20H30IN5O3. The van der Waals surface area contributed by atoms with E-state index in [1.807, 2.05) is 52.0 Å². The minimum atomic E-state index is -0.137. The summed E-state index contributed by atoms with van der Waals surface area (Å²) in [5.41, 5.74) is 1.87. The number of amides is 1. The average molecular weight is 515 g/mol. The largest absolute Gasteiger partial charge is 0.484 e. The Kier molecular flexibility index (Phi) is 11.1. The molecule has 1 amide bonds. The van der Waals surface area contributed by atoms with Crippen LogP contribution in [0.5, 0.6) is 5.75 Å². The summed E-state index contributed by atoms with van der Waals surface area (Å²) in [6.07, 6.45) is 0. The molecule has 0 saturated heterocycles. The smallest absolute Gasteiger partial charge is 0.257 e. The first-order valence-corrected chi connectivity index (χ1v) is 9.45. The van der Waals surface area contributed by atoms with Crippen LogP contribution in [0, 0.1) is 13.8 Å². The van der Waals surface area contributed by atoms with Gasteiger partial charge in [-0.15, -0.1) is 24.0 Å². The fourth-order valence-corrected chi connectivity index (χ4v) is 2.42. The van der Waals surface area contributed by atoms with Gasteiger partial charge in [0, 0.05) is 13.1 Å². The number of nitrogens with zero attached hydrogens (tertiary/aromatic N) is 2. The number of nitrogens with one attached hydrogen (secondary N) is 3. The molecule has 1 heterocycles. The molecule has 2 aromatic rings. The third kappa shape index (κ3) is 8.71. The highest BCUT2D eigenvalue weighted by Crippen LogP contribution is 2.14. The van der Waals surface area contributed by atoms with E-state index in [1.165, 1.54) is 0 Å². The van der Waals surface area contributed by atoms with E-state index in [1.54, 1.807) is 0 Å². The van der Waals surface area contributed by atoms with Crippen molar-refractivity contribution in [1.82, 2.24) is 20.9 Å². The van der Waals surface area contributed by atoms with E-state index in [-0.39, 0.29) is 36.5 Å². The second kappa shape index (κ2) is 13.0. The molecule has 160 valence electrons. The van der Waals surface area contributed by atoms with Gasteiger partial charge in [0.2, 0.25) is 5.89 Å². The lowest BCUT2D eigenvalue weighted by Crippen LogP contribution is -2.36. The number of carbonyl (C=O) groups is 1. The van der Waals surface area contributed by atoms with Crippen LogP contribution in [0.4, 0.5) is 0 Å². The van der Waals surface area contributed by atoms with Gasteiger partial charge < -0.3 is 25.1 Å². The summed E-state index contributed by atoms with van der Waals surface area (Å²) in [7, 11) is 0. The van der Waals surface area contributed by atoms with Crippen LogP contribution >= 0.6 is 24.0 Å². The number of guanidine groups is 1. The quantitative estimate of drug-likeness (QED) is 0.270. The van der Waals surface area contributed by atoms with Crippen molar-refractivity contribution in [2.75, 3.05) is 19.7 Å². The fourth-order valence-electron chi connectivity index (χ4n) is 2.42. The summed E-state index contributed by atoms with van der Waals surface area (Å²) in [4.78, 5) is 20.5.